The van der Waals surface area contributed by atoms with Gasteiger partial charge in [0.15, 0.2) is 0 Å². The van der Waals surface area contributed by atoms with Gasteiger partial charge in [-0.3, -0.25) is 0 Å². The molecule has 6 heteroatoms. The van der Waals surface area contributed by atoms with E-state index in [0.717, 1.165) is 18.9 Å². The first-order chi connectivity index (χ1) is 8.97. The summed E-state index contributed by atoms with van der Waals surface area (Å²) in [6, 6.07) is 2.93. The van der Waals surface area contributed by atoms with Crippen LogP contribution < -0.4 is 10.6 Å². The fourth-order valence-electron chi connectivity index (χ4n) is 1.83. The van der Waals surface area contributed by atoms with Crippen LogP contribution in [0.4, 0.5) is 14.9 Å². The first-order valence-corrected chi connectivity index (χ1v) is 6.07. The Morgan fingerprint density at radius 2 is 2.11 bits per heavy atom. The Balaban J connectivity index is 1.98. The number of halogens is 1. The minimum absolute atomic E-state index is 0.0366. The molecule has 102 valence electrons. The maximum absolute atomic E-state index is 13.6. The average molecular weight is 266 g/mol. The molecule has 1 aromatic rings. The highest BCUT2D eigenvalue weighted by atomic mass is 19.1. The van der Waals surface area contributed by atoms with E-state index >= 15 is 0 Å². The summed E-state index contributed by atoms with van der Waals surface area (Å²) in [6.07, 6.45) is 2.20. The average Bonchev–Trinajstić information content (AvgIpc) is 3.15. The SMILES string of the molecule is CC(NC(=O)Nc1ccc(C(=O)O)cc1F)C1CC1. The van der Waals surface area contributed by atoms with Crippen LogP contribution in [0.3, 0.4) is 0 Å². The lowest BCUT2D eigenvalue weighted by molar-refractivity contribution is 0.0696. The molecule has 0 saturated heterocycles. The smallest absolute Gasteiger partial charge is 0.335 e. The molecule has 0 spiro atoms. The lowest BCUT2D eigenvalue weighted by atomic mass is 10.2. The van der Waals surface area contributed by atoms with Crippen LogP contribution in [0.25, 0.3) is 0 Å². The number of aromatic carboxylic acids is 1. The fourth-order valence-corrected chi connectivity index (χ4v) is 1.83. The van der Waals surface area contributed by atoms with Crippen LogP contribution in [-0.4, -0.2) is 23.1 Å². The highest BCUT2D eigenvalue weighted by molar-refractivity contribution is 5.91. The number of amides is 2. The monoisotopic (exact) mass is 266 g/mol. The fraction of sp³-hybridized carbons (Fsp3) is 0.385. The highest BCUT2D eigenvalue weighted by Gasteiger charge is 2.28. The summed E-state index contributed by atoms with van der Waals surface area (Å²) in [7, 11) is 0. The molecule has 1 aromatic carbocycles. The van der Waals surface area contributed by atoms with Gasteiger partial charge in [-0.15, -0.1) is 0 Å². The van der Waals surface area contributed by atoms with Crippen LogP contribution in [0.15, 0.2) is 18.2 Å². The van der Waals surface area contributed by atoms with E-state index in [9.17, 15) is 14.0 Å². The molecule has 19 heavy (non-hydrogen) atoms. The molecule has 1 atom stereocenters. The van der Waals surface area contributed by atoms with E-state index in [-0.39, 0.29) is 17.3 Å². The van der Waals surface area contributed by atoms with Crippen molar-refractivity contribution in [2.45, 2.75) is 25.8 Å². The zero-order valence-electron chi connectivity index (χ0n) is 10.4. The molecule has 0 aromatic heterocycles. The molecule has 0 aliphatic heterocycles. The van der Waals surface area contributed by atoms with Gasteiger partial charge >= 0.3 is 12.0 Å². The van der Waals surface area contributed by atoms with E-state index in [1.165, 1.54) is 12.1 Å². The number of benzene rings is 1. The van der Waals surface area contributed by atoms with Crippen molar-refractivity contribution in [3.8, 4) is 0 Å². The number of anilines is 1. The molecule has 2 rings (SSSR count). The molecule has 3 N–H and O–H groups in total. The Morgan fingerprint density at radius 3 is 2.63 bits per heavy atom. The van der Waals surface area contributed by atoms with Crippen molar-refractivity contribution in [2.75, 3.05) is 5.32 Å². The van der Waals surface area contributed by atoms with Crippen molar-refractivity contribution in [3.05, 3.63) is 29.6 Å². The third-order valence-electron chi connectivity index (χ3n) is 3.15. The number of carbonyl (C=O) groups excluding carboxylic acids is 1. The molecule has 0 radical (unpaired) electrons. The van der Waals surface area contributed by atoms with Gasteiger partial charge in [0.25, 0.3) is 0 Å². The molecule has 0 bridgehead atoms. The van der Waals surface area contributed by atoms with Gasteiger partial charge in [0, 0.05) is 6.04 Å². The van der Waals surface area contributed by atoms with Gasteiger partial charge in [-0.1, -0.05) is 0 Å². The largest absolute Gasteiger partial charge is 0.478 e. The van der Waals surface area contributed by atoms with Gasteiger partial charge in [0.1, 0.15) is 5.82 Å². The molecule has 0 heterocycles. The predicted molar refractivity (Wildman–Crippen MR) is 67.7 cm³/mol. The minimum atomic E-state index is -1.21. The van der Waals surface area contributed by atoms with Crippen molar-refractivity contribution in [1.82, 2.24) is 5.32 Å². The normalized spacial score (nSPS) is 15.7. The van der Waals surface area contributed by atoms with E-state index in [1.54, 1.807) is 0 Å². The number of urea groups is 1. The number of carbonyl (C=O) groups is 2. The maximum Gasteiger partial charge on any atom is 0.335 e. The highest BCUT2D eigenvalue weighted by Crippen LogP contribution is 2.32. The van der Waals surface area contributed by atoms with E-state index in [0.29, 0.717) is 5.92 Å². The number of rotatable bonds is 4. The lowest BCUT2D eigenvalue weighted by Gasteiger charge is -2.14. The second-order valence-corrected chi connectivity index (χ2v) is 4.72. The Hall–Kier alpha value is -2.11. The second kappa shape index (κ2) is 5.26. The first kappa shape index (κ1) is 13.3. The molecule has 1 saturated carbocycles. The predicted octanol–water partition coefficient (Wildman–Crippen LogP) is 2.44. The number of carboxylic acid groups (broad SMARTS) is 1. The molecule has 2 amide bonds. The zero-order valence-corrected chi connectivity index (χ0v) is 10.4. The number of carboxylic acids is 1. The Labute approximate surface area is 109 Å². The van der Waals surface area contributed by atoms with Crippen LogP contribution >= 0.6 is 0 Å². The molecule has 1 aliphatic carbocycles. The Bertz CT molecular complexity index is 515. The number of hydrogen-bond donors (Lipinski definition) is 3. The molecule has 5 nitrogen and oxygen atoms in total. The van der Waals surface area contributed by atoms with E-state index < -0.39 is 17.8 Å². The van der Waals surface area contributed by atoms with Crippen LogP contribution in [0, 0.1) is 11.7 Å². The quantitative estimate of drug-likeness (QED) is 0.783. The Morgan fingerprint density at radius 1 is 1.42 bits per heavy atom. The summed E-state index contributed by atoms with van der Waals surface area (Å²) in [4.78, 5) is 22.3. The second-order valence-electron chi connectivity index (χ2n) is 4.72. The van der Waals surface area contributed by atoms with Gasteiger partial charge in [-0.25, -0.2) is 14.0 Å². The summed E-state index contributed by atoms with van der Waals surface area (Å²) >= 11 is 0. The third-order valence-corrected chi connectivity index (χ3v) is 3.15. The standard InChI is InChI=1S/C13H15FN2O3/c1-7(8-2-3-8)15-13(19)16-11-5-4-9(12(17)18)6-10(11)14/h4-8H,2-3H2,1H3,(H,17,18)(H2,15,16,19). The third kappa shape index (κ3) is 3.43. The van der Waals surface area contributed by atoms with Crippen molar-refractivity contribution >= 4 is 17.7 Å². The van der Waals surface area contributed by atoms with E-state index in [1.807, 2.05) is 6.92 Å². The van der Waals surface area contributed by atoms with Crippen LogP contribution in [0.1, 0.15) is 30.1 Å². The first-order valence-electron chi connectivity index (χ1n) is 6.07. The van der Waals surface area contributed by atoms with Gasteiger partial charge in [0.05, 0.1) is 11.3 Å². The molecular formula is C13H15FN2O3. The van der Waals surface area contributed by atoms with Gasteiger partial charge in [-0.2, -0.15) is 0 Å². The summed E-state index contributed by atoms with van der Waals surface area (Å²) in [6.45, 7) is 1.90. The summed E-state index contributed by atoms with van der Waals surface area (Å²) in [5.74, 6) is -1.48. The summed E-state index contributed by atoms with van der Waals surface area (Å²) in [5.41, 5.74) is -0.194. The van der Waals surface area contributed by atoms with Crippen LogP contribution in [-0.2, 0) is 0 Å². The lowest BCUT2D eigenvalue weighted by Crippen LogP contribution is -2.37. The number of hydrogen-bond acceptors (Lipinski definition) is 2. The molecular weight excluding hydrogens is 251 g/mol. The minimum Gasteiger partial charge on any atom is -0.478 e. The van der Waals surface area contributed by atoms with E-state index in [2.05, 4.69) is 10.6 Å². The maximum atomic E-state index is 13.6. The van der Waals surface area contributed by atoms with Gasteiger partial charge in [-0.05, 0) is 43.9 Å². The van der Waals surface area contributed by atoms with Crippen molar-refractivity contribution in [2.24, 2.45) is 5.92 Å². The van der Waals surface area contributed by atoms with Crippen molar-refractivity contribution in [1.29, 1.82) is 0 Å². The zero-order chi connectivity index (χ0) is 14.0. The van der Waals surface area contributed by atoms with Gasteiger partial charge < -0.3 is 15.7 Å². The Kier molecular flexibility index (Phi) is 3.69. The van der Waals surface area contributed by atoms with Crippen LogP contribution in [0.5, 0.6) is 0 Å². The number of nitrogens with one attached hydrogen (secondary N) is 2. The molecule has 1 unspecified atom stereocenters. The van der Waals surface area contributed by atoms with Gasteiger partial charge in [0.2, 0.25) is 0 Å². The van der Waals surface area contributed by atoms with Crippen LogP contribution in [0.2, 0.25) is 0 Å². The van der Waals surface area contributed by atoms with E-state index in [4.69, 9.17) is 5.11 Å². The summed E-state index contributed by atoms with van der Waals surface area (Å²) < 4.78 is 13.6. The molecule has 1 fully saturated rings. The summed E-state index contributed by atoms with van der Waals surface area (Å²) in [5, 5.41) is 13.8. The van der Waals surface area contributed by atoms with Crippen molar-refractivity contribution in [3.63, 3.8) is 0 Å². The molecule has 1 aliphatic rings. The topological polar surface area (TPSA) is 78.4 Å². The van der Waals surface area contributed by atoms with Crippen molar-refractivity contribution < 1.29 is 19.1 Å².